The fraction of sp³-hybridized carbons (Fsp3) is 0. The number of hydrogen-bond donors (Lipinski definition) is 0. The van der Waals surface area contributed by atoms with Gasteiger partial charge in [0.05, 0.1) is 81.3 Å². The highest BCUT2D eigenvalue weighted by Crippen LogP contribution is 2.53. The molecule has 0 aliphatic heterocycles. The van der Waals surface area contributed by atoms with Gasteiger partial charge in [-0.1, -0.05) is 224 Å². The zero-order valence-electron chi connectivity index (χ0n) is 57.4. The van der Waals surface area contributed by atoms with Gasteiger partial charge in [0.2, 0.25) is 0 Å². The van der Waals surface area contributed by atoms with Crippen molar-refractivity contribution in [2.45, 2.75) is 0 Å². The van der Waals surface area contributed by atoms with Crippen LogP contribution in [0.4, 0.5) is 0 Å². The highest BCUT2D eigenvalue weighted by atomic mass is 32.1. The number of para-hydroxylation sites is 2. The molecule has 0 saturated carbocycles. The van der Waals surface area contributed by atoms with Crippen LogP contribution >= 0.6 is 22.7 Å². The van der Waals surface area contributed by atoms with Gasteiger partial charge in [-0.05, 0) is 134 Å². The predicted molar refractivity (Wildman–Crippen MR) is 456 cm³/mol. The van der Waals surface area contributed by atoms with Gasteiger partial charge < -0.3 is 13.4 Å². The molecule has 10 heterocycles. The van der Waals surface area contributed by atoms with Crippen LogP contribution in [0.25, 0.3) is 249 Å². The molecule has 0 spiro atoms. The summed E-state index contributed by atoms with van der Waals surface area (Å²) in [6, 6.07) is 117. The van der Waals surface area contributed by atoms with E-state index < -0.39 is 0 Å². The number of benzene rings is 16. The van der Waals surface area contributed by atoms with Crippen molar-refractivity contribution in [3.05, 3.63) is 315 Å². The van der Waals surface area contributed by atoms with Crippen molar-refractivity contribution in [1.82, 2.24) is 37.9 Å². The topological polar surface area (TPSA) is 70.2 Å². The standard InChI is InChI=1S/C98H52N8S2/c1-2-21-57(22-3-1)96-99-87(94-88(100-96)67-28-12-16-32-81(67)107-94)56-36-42-62(43-37-56)103-77-44-40-59(49-69(77)73-51-71-65-26-10-14-30-75(65)104-79-46-38-54-19-6-8-24-63(54)83(79)85(90(73)103)91(71)104)60-41-45-78-70(50-60)74-52-72-66-27-11-15-31-76(66)106(93(72)86-84-64-25-9-7-20-55(64)39-47-80(84)105(78)92(74)86)98-95-89(68-29-13-17-33-82(68)108-95)101-97(102-98)61-35-34-53-18-4-5-23-58(53)48-61/h1-52H. The third-order valence-electron chi connectivity index (χ3n) is 23.6. The molecular formula is C98H52N8S2. The molecule has 0 aliphatic carbocycles. The van der Waals surface area contributed by atoms with Crippen molar-refractivity contribution in [2.24, 2.45) is 0 Å². The quantitative estimate of drug-likeness (QED) is 0.166. The molecule has 0 atom stereocenters. The number of thiophene rings is 2. The monoisotopic (exact) mass is 1400 g/mol. The summed E-state index contributed by atoms with van der Waals surface area (Å²) in [5, 5.41) is 24.1. The summed E-state index contributed by atoms with van der Waals surface area (Å²) in [6.45, 7) is 0. The minimum absolute atomic E-state index is 0.699. The van der Waals surface area contributed by atoms with E-state index in [2.05, 4.69) is 327 Å². The van der Waals surface area contributed by atoms with Gasteiger partial charge in [0, 0.05) is 107 Å². The molecule has 0 N–H and O–H groups in total. The second-order valence-corrected chi connectivity index (χ2v) is 31.2. The summed E-state index contributed by atoms with van der Waals surface area (Å²) in [5.41, 5.74) is 21.0. The molecule has 0 radical (unpaired) electrons. The average Bonchev–Trinajstić information content (AvgIpc) is 1.51. The van der Waals surface area contributed by atoms with Crippen LogP contribution < -0.4 is 0 Å². The lowest BCUT2D eigenvalue weighted by molar-refractivity contribution is 1.09. The highest BCUT2D eigenvalue weighted by molar-refractivity contribution is 7.26. The van der Waals surface area contributed by atoms with E-state index in [-0.39, 0.29) is 0 Å². The lowest BCUT2D eigenvalue weighted by Gasteiger charge is -2.12. The summed E-state index contributed by atoms with van der Waals surface area (Å²) in [4.78, 5) is 22.0. The first-order chi connectivity index (χ1) is 53.6. The molecule has 26 rings (SSSR count). The normalized spacial score (nSPS) is 12.6. The maximum Gasteiger partial charge on any atom is 0.162 e. The second-order valence-electron chi connectivity index (χ2n) is 29.1. The molecule has 0 saturated heterocycles. The van der Waals surface area contributed by atoms with E-state index >= 15 is 0 Å². The molecular weight excluding hydrogens is 1350 g/mol. The van der Waals surface area contributed by atoms with E-state index in [4.69, 9.17) is 19.9 Å². The van der Waals surface area contributed by atoms with E-state index in [0.29, 0.717) is 5.82 Å². The number of fused-ring (bicyclic) bond motifs is 31. The fourth-order valence-corrected chi connectivity index (χ4v) is 21.2. The van der Waals surface area contributed by atoms with Crippen molar-refractivity contribution in [3.8, 4) is 56.7 Å². The van der Waals surface area contributed by atoms with E-state index in [0.717, 1.165) is 104 Å². The van der Waals surface area contributed by atoms with Gasteiger partial charge in [-0.3, -0.25) is 4.57 Å². The summed E-state index contributed by atoms with van der Waals surface area (Å²) >= 11 is 3.54. The van der Waals surface area contributed by atoms with Crippen LogP contribution in [0.2, 0.25) is 0 Å². The zero-order chi connectivity index (χ0) is 69.9. The van der Waals surface area contributed by atoms with Crippen molar-refractivity contribution in [2.75, 3.05) is 0 Å². The maximum absolute atomic E-state index is 5.80. The van der Waals surface area contributed by atoms with Crippen molar-refractivity contribution in [1.29, 1.82) is 0 Å². The van der Waals surface area contributed by atoms with Gasteiger partial charge in [-0.15, -0.1) is 22.7 Å². The van der Waals surface area contributed by atoms with E-state index in [9.17, 15) is 0 Å². The SMILES string of the molecule is c1ccc(-c2nc(-c3ccc(-n4c5ccc(-c6ccc7c(c6)c6cc8c9ccccc9n(-c9nc(-c%10ccc%11ccccc%11c%10)nc%10c9sc9ccccc9%10)c8c8c9c%10ccccc%10ccc9n7c68)cc5c5cc6c7ccccc7n7c8ccc9ccccc9c8c(c54)c67)cc3)c3sc4ccccc4c3n2)cc1. The largest absolute Gasteiger partial charge is 0.309 e. The summed E-state index contributed by atoms with van der Waals surface area (Å²) in [5.74, 6) is 2.30. The fourth-order valence-electron chi connectivity index (χ4n) is 18.9. The first-order valence-electron chi connectivity index (χ1n) is 36.8. The van der Waals surface area contributed by atoms with Crippen LogP contribution in [-0.2, 0) is 0 Å². The van der Waals surface area contributed by atoms with Crippen molar-refractivity contribution in [3.63, 3.8) is 0 Å². The summed E-state index contributed by atoms with van der Waals surface area (Å²) in [7, 11) is 0. The molecule has 0 aliphatic rings. The molecule has 0 unspecified atom stereocenters. The molecule has 8 nitrogen and oxygen atoms in total. The van der Waals surface area contributed by atoms with Crippen LogP contribution in [0.1, 0.15) is 0 Å². The molecule has 10 heteroatoms. The van der Waals surface area contributed by atoms with Crippen LogP contribution in [0.5, 0.6) is 0 Å². The molecule has 10 aromatic heterocycles. The van der Waals surface area contributed by atoms with Crippen LogP contribution in [0, 0.1) is 0 Å². The minimum atomic E-state index is 0.699. The maximum atomic E-state index is 5.80. The molecule has 26 aromatic rings. The summed E-state index contributed by atoms with van der Waals surface area (Å²) < 4.78 is 14.7. The Hall–Kier alpha value is -13.9. The van der Waals surface area contributed by atoms with Gasteiger partial charge in [0.15, 0.2) is 17.5 Å². The van der Waals surface area contributed by atoms with Crippen LogP contribution in [0.15, 0.2) is 315 Å². The van der Waals surface area contributed by atoms with E-state index in [1.807, 2.05) is 6.07 Å². The van der Waals surface area contributed by atoms with Gasteiger partial charge >= 0.3 is 0 Å². The highest BCUT2D eigenvalue weighted by Gasteiger charge is 2.31. The molecule has 16 aromatic carbocycles. The molecule has 0 bridgehead atoms. The number of rotatable bonds is 6. The first-order valence-corrected chi connectivity index (χ1v) is 38.4. The van der Waals surface area contributed by atoms with Crippen LogP contribution in [0.3, 0.4) is 0 Å². The van der Waals surface area contributed by atoms with E-state index in [1.165, 1.54) is 140 Å². The Balaban J connectivity index is 0.730. The Kier molecular flexibility index (Phi) is 11.2. The van der Waals surface area contributed by atoms with Crippen LogP contribution in [-0.4, -0.2) is 37.9 Å². The van der Waals surface area contributed by atoms with E-state index in [1.54, 1.807) is 22.7 Å². The van der Waals surface area contributed by atoms with Gasteiger partial charge in [-0.25, -0.2) is 19.9 Å². The predicted octanol–water partition coefficient (Wildman–Crippen LogP) is 26.6. The lowest BCUT2D eigenvalue weighted by atomic mass is 9.97. The number of nitrogens with zero attached hydrogens (tertiary/aromatic N) is 8. The number of hydrogen-bond acceptors (Lipinski definition) is 6. The average molecular weight is 1410 g/mol. The lowest BCUT2D eigenvalue weighted by Crippen LogP contribution is -2.01. The van der Waals surface area contributed by atoms with Crippen molar-refractivity contribution < 1.29 is 0 Å². The van der Waals surface area contributed by atoms with Gasteiger partial charge in [0.25, 0.3) is 0 Å². The first kappa shape index (κ1) is 57.5. The third-order valence-corrected chi connectivity index (χ3v) is 25.9. The minimum Gasteiger partial charge on any atom is -0.309 e. The Bertz CT molecular complexity index is 8500. The Labute approximate surface area is 621 Å². The number of aromatic nitrogens is 8. The Morgan fingerprint density at radius 2 is 0.676 bits per heavy atom. The summed E-state index contributed by atoms with van der Waals surface area (Å²) in [6.07, 6.45) is 0. The molecule has 496 valence electrons. The Morgan fingerprint density at radius 1 is 0.231 bits per heavy atom. The van der Waals surface area contributed by atoms with Gasteiger partial charge in [0.1, 0.15) is 0 Å². The molecule has 0 fully saturated rings. The zero-order valence-corrected chi connectivity index (χ0v) is 59.0. The third kappa shape index (κ3) is 7.55. The van der Waals surface area contributed by atoms with Gasteiger partial charge in [-0.2, -0.15) is 0 Å². The van der Waals surface area contributed by atoms with Crippen molar-refractivity contribution >= 4 is 215 Å². The molecule has 0 amide bonds. The second kappa shape index (κ2) is 21.0. The molecule has 108 heavy (non-hydrogen) atoms. The Morgan fingerprint density at radius 3 is 1.35 bits per heavy atom. The smallest absolute Gasteiger partial charge is 0.162 e.